The van der Waals surface area contributed by atoms with Gasteiger partial charge in [-0.15, -0.1) is 0 Å². The van der Waals surface area contributed by atoms with Crippen molar-refractivity contribution in [2.45, 2.75) is 0 Å². The third-order valence-electron chi connectivity index (χ3n) is 3.15. The first-order valence-electron chi connectivity index (χ1n) is 6.79. The minimum Gasteiger partial charge on any atom is -0.491 e. The largest absolute Gasteiger partial charge is 0.491 e. The highest BCUT2D eigenvalue weighted by molar-refractivity contribution is 9.10. The van der Waals surface area contributed by atoms with E-state index in [9.17, 15) is 0 Å². The first kappa shape index (κ1) is 13.9. The normalized spacial score (nSPS) is 10.5. The Morgan fingerprint density at radius 3 is 2.81 bits per heavy atom. The van der Waals surface area contributed by atoms with Gasteiger partial charge in [0.1, 0.15) is 12.4 Å². The second-order valence-corrected chi connectivity index (χ2v) is 5.44. The molecule has 1 aromatic heterocycles. The molecule has 0 aliphatic carbocycles. The summed E-state index contributed by atoms with van der Waals surface area (Å²) in [5.41, 5.74) is 2.02. The molecule has 0 aliphatic heterocycles. The molecule has 3 rings (SSSR count). The first-order valence-corrected chi connectivity index (χ1v) is 7.59. The van der Waals surface area contributed by atoms with E-state index in [4.69, 9.17) is 4.74 Å². The number of nitrogens with zero attached hydrogens (tertiary/aromatic N) is 1. The smallest absolute Gasteiger partial charge is 0.128 e. The maximum Gasteiger partial charge on any atom is 0.128 e. The van der Waals surface area contributed by atoms with E-state index in [2.05, 4.69) is 26.2 Å². The lowest BCUT2D eigenvalue weighted by Crippen LogP contribution is -2.11. The van der Waals surface area contributed by atoms with Gasteiger partial charge in [0.15, 0.2) is 0 Å². The fourth-order valence-corrected chi connectivity index (χ4v) is 2.58. The quantitative estimate of drug-likeness (QED) is 0.693. The van der Waals surface area contributed by atoms with Crippen molar-refractivity contribution in [1.29, 1.82) is 0 Å². The maximum atomic E-state index is 5.86. The molecular weight excluding hydrogens is 328 g/mol. The van der Waals surface area contributed by atoms with Crippen LogP contribution in [0.25, 0.3) is 10.9 Å². The molecule has 0 bridgehead atoms. The molecule has 0 aliphatic rings. The monoisotopic (exact) mass is 342 g/mol. The molecule has 3 aromatic rings. The van der Waals surface area contributed by atoms with Gasteiger partial charge in [-0.2, -0.15) is 0 Å². The molecule has 0 spiro atoms. The second-order valence-electron chi connectivity index (χ2n) is 4.58. The SMILES string of the molecule is Brc1ccccc1NCCOc1cccc2ncccc12. The summed E-state index contributed by atoms with van der Waals surface area (Å²) in [6, 6.07) is 17.9. The topological polar surface area (TPSA) is 34.1 Å². The molecule has 106 valence electrons. The lowest BCUT2D eigenvalue weighted by atomic mass is 10.2. The summed E-state index contributed by atoms with van der Waals surface area (Å²) in [5.74, 6) is 0.870. The van der Waals surface area contributed by atoms with Gasteiger partial charge in [-0.1, -0.05) is 18.2 Å². The predicted octanol–water partition coefficient (Wildman–Crippen LogP) is 4.49. The minimum atomic E-state index is 0.593. The summed E-state index contributed by atoms with van der Waals surface area (Å²) in [5, 5.41) is 4.39. The van der Waals surface area contributed by atoms with Crippen molar-refractivity contribution in [2.24, 2.45) is 0 Å². The number of nitrogens with one attached hydrogen (secondary N) is 1. The lowest BCUT2D eigenvalue weighted by Gasteiger charge is -2.11. The van der Waals surface area contributed by atoms with E-state index < -0.39 is 0 Å². The molecule has 1 heterocycles. The number of para-hydroxylation sites is 1. The molecule has 0 amide bonds. The van der Waals surface area contributed by atoms with E-state index in [-0.39, 0.29) is 0 Å². The number of hydrogen-bond acceptors (Lipinski definition) is 3. The number of ether oxygens (including phenoxy) is 1. The molecule has 0 unspecified atom stereocenters. The number of hydrogen-bond donors (Lipinski definition) is 1. The Balaban J connectivity index is 1.61. The Hall–Kier alpha value is -2.07. The zero-order chi connectivity index (χ0) is 14.5. The number of fused-ring (bicyclic) bond motifs is 1. The highest BCUT2D eigenvalue weighted by Gasteiger charge is 2.02. The lowest BCUT2D eigenvalue weighted by molar-refractivity contribution is 0.337. The Bertz CT molecular complexity index is 740. The van der Waals surface area contributed by atoms with Gasteiger partial charge in [0.05, 0.1) is 5.52 Å². The average Bonchev–Trinajstić information content (AvgIpc) is 2.53. The van der Waals surface area contributed by atoms with Crippen molar-refractivity contribution in [1.82, 2.24) is 4.98 Å². The molecule has 21 heavy (non-hydrogen) atoms. The van der Waals surface area contributed by atoms with Crippen molar-refractivity contribution in [3.05, 3.63) is 65.3 Å². The van der Waals surface area contributed by atoms with Crippen molar-refractivity contribution >= 4 is 32.5 Å². The summed E-state index contributed by atoms with van der Waals surface area (Å²) in [4.78, 5) is 4.33. The van der Waals surface area contributed by atoms with E-state index >= 15 is 0 Å². The summed E-state index contributed by atoms with van der Waals surface area (Å²) >= 11 is 3.51. The summed E-state index contributed by atoms with van der Waals surface area (Å²) in [7, 11) is 0. The Morgan fingerprint density at radius 2 is 1.90 bits per heavy atom. The molecule has 0 atom stereocenters. The average molecular weight is 343 g/mol. The van der Waals surface area contributed by atoms with Crippen LogP contribution in [0, 0.1) is 0 Å². The van der Waals surface area contributed by atoms with Crippen molar-refractivity contribution < 1.29 is 4.74 Å². The number of rotatable bonds is 5. The Kier molecular flexibility index (Phi) is 4.36. The Labute approximate surface area is 132 Å². The third kappa shape index (κ3) is 3.34. The van der Waals surface area contributed by atoms with E-state index in [0.717, 1.165) is 33.4 Å². The summed E-state index contributed by atoms with van der Waals surface area (Å²) < 4.78 is 6.92. The zero-order valence-corrected chi connectivity index (χ0v) is 13.0. The number of anilines is 1. The first-order chi connectivity index (χ1) is 10.3. The molecule has 3 nitrogen and oxygen atoms in total. The number of benzene rings is 2. The number of halogens is 1. The van der Waals surface area contributed by atoms with Gasteiger partial charge in [-0.25, -0.2) is 0 Å². The number of pyridine rings is 1. The van der Waals surface area contributed by atoms with Gasteiger partial charge >= 0.3 is 0 Å². The van der Waals surface area contributed by atoms with Crippen LogP contribution in [0.4, 0.5) is 5.69 Å². The molecule has 0 radical (unpaired) electrons. The van der Waals surface area contributed by atoms with Crippen LogP contribution < -0.4 is 10.1 Å². The maximum absolute atomic E-state index is 5.86. The van der Waals surface area contributed by atoms with Gasteiger partial charge < -0.3 is 10.1 Å². The van der Waals surface area contributed by atoms with Crippen molar-refractivity contribution in [3.63, 3.8) is 0 Å². The van der Waals surface area contributed by atoms with Crippen molar-refractivity contribution in [3.8, 4) is 5.75 Å². The standard InChI is InChI=1S/C17H15BrN2O/c18-14-6-1-2-7-16(14)20-11-12-21-17-9-3-8-15-13(17)5-4-10-19-15/h1-10,20H,11-12H2. The van der Waals surface area contributed by atoms with Gasteiger partial charge in [0.25, 0.3) is 0 Å². The van der Waals surface area contributed by atoms with Crippen LogP contribution in [0.2, 0.25) is 0 Å². The van der Waals surface area contributed by atoms with Gasteiger partial charge in [-0.05, 0) is 52.3 Å². The van der Waals surface area contributed by atoms with Crippen LogP contribution in [0.5, 0.6) is 5.75 Å². The summed E-state index contributed by atoms with van der Waals surface area (Å²) in [6.45, 7) is 1.33. The molecule has 0 saturated carbocycles. The molecule has 2 aromatic carbocycles. The van der Waals surface area contributed by atoms with E-state index in [1.165, 1.54) is 0 Å². The van der Waals surface area contributed by atoms with Gasteiger partial charge in [0.2, 0.25) is 0 Å². The van der Waals surface area contributed by atoms with Gasteiger partial charge in [-0.3, -0.25) is 4.98 Å². The third-order valence-corrected chi connectivity index (χ3v) is 3.85. The van der Waals surface area contributed by atoms with Crippen LogP contribution in [0.1, 0.15) is 0 Å². The molecule has 0 fully saturated rings. The van der Waals surface area contributed by atoms with Crippen LogP contribution in [-0.2, 0) is 0 Å². The van der Waals surface area contributed by atoms with Crippen LogP contribution in [-0.4, -0.2) is 18.1 Å². The minimum absolute atomic E-state index is 0.593. The van der Waals surface area contributed by atoms with Crippen LogP contribution >= 0.6 is 15.9 Å². The highest BCUT2D eigenvalue weighted by Crippen LogP contribution is 2.24. The zero-order valence-electron chi connectivity index (χ0n) is 11.4. The molecular formula is C17H15BrN2O. The molecule has 4 heteroatoms. The van der Waals surface area contributed by atoms with E-state index in [1.54, 1.807) is 6.20 Å². The summed E-state index contributed by atoms with van der Waals surface area (Å²) in [6.07, 6.45) is 1.79. The fourth-order valence-electron chi connectivity index (χ4n) is 2.15. The van der Waals surface area contributed by atoms with Crippen LogP contribution in [0.15, 0.2) is 65.3 Å². The Morgan fingerprint density at radius 1 is 1.00 bits per heavy atom. The molecule has 0 saturated heterocycles. The highest BCUT2D eigenvalue weighted by atomic mass is 79.9. The van der Waals surface area contributed by atoms with Gasteiger partial charge in [0, 0.05) is 28.3 Å². The number of aromatic nitrogens is 1. The fraction of sp³-hybridized carbons (Fsp3) is 0.118. The molecule has 1 N–H and O–H groups in total. The van der Waals surface area contributed by atoms with Crippen LogP contribution in [0.3, 0.4) is 0 Å². The van der Waals surface area contributed by atoms with E-state index in [1.807, 2.05) is 54.6 Å². The van der Waals surface area contributed by atoms with Crippen molar-refractivity contribution in [2.75, 3.05) is 18.5 Å². The van der Waals surface area contributed by atoms with E-state index in [0.29, 0.717) is 6.61 Å². The predicted molar refractivity (Wildman–Crippen MR) is 89.9 cm³/mol. The second kappa shape index (κ2) is 6.59.